The topological polar surface area (TPSA) is 32.7 Å². The van der Waals surface area contributed by atoms with Gasteiger partial charge < -0.3 is 14.7 Å². The van der Waals surface area contributed by atoms with Gasteiger partial charge in [0.15, 0.2) is 11.5 Å². The van der Waals surface area contributed by atoms with Crippen LogP contribution in [-0.4, -0.2) is 31.2 Å². The first-order chi connectivity index (χ1) is 7.47. The number of nitrogens with zero attached hydrogens (tertiary/aromatic N) is 1. The van der Waals surface area contributed by atoms with Crippen LogP contribution in [0.4, 0.5) is 0 Å². The third-order valence-corrected chi connectivity index (χ3v) is 2.73. The lowest BCUT2D eigenvalue weighted by Crippen LogP contribution is -2.24. The quantitative estimate of drug-likeness (QED) is 0.851. The lowest BCUT2D eigenvalue weighted by atomic mass is 9.95. The molecule has 0 aliphatic heterocycles. The maximum Gasteiger partial charge on any atom is 0.160 e. The summed E-state index contributed by atoms with van der Waals surface area (Å²) in [5.41, 5.74) is 1.16. The number of aromatic hydroxyl groups is 1. The van der Waals surface area contributed by atoms with Crippen molar-refractivity contribution in [3.8, 4) is 11.5 Å². The molecule has 90 valence electrons. The molecule has 3 nitrogen and oxygen atoms in total. The molecule has 0 aliphatic carbocycles. The van der Waals surface area contributed by atoms with Crippen LogP contribution in [0, 0.1) is 5.92 Å². The number of phenols is 1. The van der Waals surface area contributed by atoms with Gasteiger partial charge in [0.25, 0.3) is 0 Å². The average Bonchev–Trinajstić information content (AvgIpc) is 2.19. The highest BCUT2D eigenvalue weighted by atomic mass is 16.5. The summed E-state index contributed by atoms with van der Waals surface area (Å²) in [4.78, 5) is 2.18. The van der Waals surface area contributed by atoms with Crippen LogP contribution in [0.3, 0.4) is 0 Å². The van der Waals surface area contributed by atoms with Gasteiger partial charge in [-0.25, -0.2) is 0 Å². The summed E-state index contributed by atoms with van der Waals surface area (Å²) in [5.74, 6) is 1.22. The van der Waals surface area contributed by atoms with Gasteiger partial charge in [-0.2, -0.15) is 0 Å². The Balaban J connectivity index is 3.10. The van der Waals surface area contributed by atoms with Crippen molar-refractivity contribution in [2.24, 2.45) is 5.92 Å². The van der Waals surface area contributed by atoms with Crippen molar-refractivity contribution < 1.29 is 9.84 Å². The second kappa shape index (κ2) is 5.21. The van der Waals surface area contributed by atoms with Crippen molar-refractivity contribution in [2.75, 3.05) is 21.2 Å². The second-order valence-electron chi connectivity index (χ2n) is 4.58. The monoisotopic (exact) mass is 223 g/mol. The molecule has 0 bridgehead atoms. The van der Waals surface area contributed by atoms with E-state index in [4.69, 9.17) is 4.74 Å². The molecule has 0 fully saturated rings. The molecular formula is C13H21NO2. The molecule has 0 aliphatic rings. The molecule has 16 heavy (non-hydrogen) atoms. The van der Waals surface area contributed by atoms with E-state index >= 15 is 0 Å². The van der Waals surface area contributed by atoms with Crippen LogP contribution in [0.5, 0.6) is 11.5 Å². The Bertz CT molecular complexity index is 340. The maximum atomic E-state index is 9.56. The minimum Gasteiger partial charge on any atom is -0.504 e. The lowest BCUT2D eigenvalue weighted by Gasteiger charge is -2.28. The number of phenolic OH excluding ortho intramolecular Hbond substituents is 1. The Kier molecular flexibility index (Phi) is 4.19. The van der Waals surface area contributed by atoms with Crippen LogP contribution in [0.2, 0.25) is 0 Å². The molecule has 1 rings (SSSR count). The predicted octanol–water partition coefficient (Wildman–Crippen LogP) is 2.66. The smallest absolute Gasteiger partial charge is 0.160 e. The van der Waals surface area contributed by atoms with Gasteiger partial charge in [0.05, 0.1) is 7.11 Å². The molecule has 1 N–H and O–H groups in total. The lowest BCUT2D eigenvalue weighted by molar-refractivity contribution is 0.234. The molecule has 0 radical (unpaired) electrons. The zero-order chi connectivity index (χ0) is 12.3. The fraction of sp³-hybridized carbons (Fsp3) is 0.538. The summed E-state index contributed by atoms with van der Waals surface area (Å²) in [6.07, 6.45) is 0. The Labute approximate surface area is 97.7 Å². The molecule has 1 unspecified atom stereocenters. The third kappa shape index (κ3) is 2.67. The van der Waals surface area contributed by atoms with E-state index < -0.39 is 0 Å². The SMILES string of the molecule is COc1cc(C(C(C)C)N(C)C)ccc1O. The first kappa shape index (κ1) is 12.8. The number of hydrogen-bond donors (Lipinski definition) is 1. The largest absolute Gasteiger partial charge is 0.504 e. The molecule has 0 aromatic heterocycles. The molecule has 0 spiro atoms. The van der Waals surface area contributed by atoms with E-state index in [9.17, 15) is 5.11 Å². The molecular weight excluding hydrogens is 202 g/mol. The number of methoxy groups -OCH3 is 1. The van der Waals surface area contributed by atoms with E-state index in [2.05, 4.69) is 32.8 Å². The van der Waals surface area contributed by atoms with Crippen LogP contribution < -0.4 is 4.74 Å². The van der Waals surface area contributed by atoms with Crippen LogP contribution in [-0.2, 0) is 0 Å². The van der Waals surface area contributed by atoms with Gasteiger partial charge in [-0.3, -0.25) is 0 Å². The second-order valence-corrected chi connectivity index (χ2v) is 4.58. The summed E-state index contributed by atoms with van der Waals surface area (Å²) in [5, 5.41) is 9.56. The van der Waals surface area contributed by atoms with E-state index in [0.29, 0.717) is 17.7 Å². The van der Waals surface area contributed by atoms with E-state index in [0.717, 1.165) is 5.56 Å². The van der Waals surface area contributed by atoms with E-state index in [-0.39, 0.29) is 5.75 Å². The first-order valence-electron chi connectivity index (χ1n) is 5.50. The predicted molar refractivity (Wildman–Crippen MR) is 65.9 cm³/mol. The van der Waals surface area contributed by atoms with E-state index in [1.807, 2.05) is 12.1 Å². The van der Waals surface area contributed by atoms with Crippen LogP contribution in [0.15, 0.2) is 18.2 Å². The summed E-state index contributed by atoms with van der Waals surface area (Å²) < 4.78 is 5.13. The van der Waals surface area contributed by atoms with Gasteiger partial charge in [0.1, 0.15) is 0 Å². The highest BCUT2D eigenvalue weighted by molar-refractivity contribution is 5.42. The standard InChI is InChI=1S/C13H21NO2/c1-9(2)13(14(3)4)10-6-7-11(15)12(8-10)16-5/h6-9,13,15H,1-5H3. The molecule has 0 amide bonds. The molecule has 0 saturated carbocycles. The fourth-order valence-corrected chi connectivity index (χ4v) is 2.16. The Morgan fingerprint density at radius 2 is 1.88 bits per heavy atom. The number of benzene rings is 1. The minimum atomic E-state index is 0.188. The minimum absolute atomic E-state index is 0.188. The van der Waals surface area contributed by atoms with Crippen LogP contribution >= 0.6 is 0 Å². The van der Waals surface area contributed by atoms with E-state index in [1.54, 1.807) is 13.2 Å². The van der Waals surface area contributed by atoms with Gasteiger partial charge in [-0.1, -0.05) is 19.9 Å². The van der Waals surface area contributed by atoms with E-state index in [1.165, 1.54) is 0 Å². The van der Waals surface area contributed by atoms with Crippen molar-refractivity contribution in [1.29, 1.82) is 0 Å². The molecule has 3 heteroatoms. The van der Waals surface area contributed by atoms with Gasteiger partial charge in [-0.05, 0) is 37.7 Å². The number of hydrogen-bond acceptors (Lipinski definition) is 3. The van der Waals surface area contributed by atoms with Gasteiger partial charge in [0, 0.05) is 6.04 Å². The Morgan fingerprint density at radius 1 is 1.25 bits per heavy atom. The zero-order valence-corrected chi connectivity index (χ0v) is 10.7. The molecule has 1 aromatic rings. The highest BCUT2D eigenvalue weighted by Crippen LogP contribution is 2.33. The summed E-state index contributed by atoms with van der Waals surface area (Å²) in [6.45, 7) is 4.37. The van der Waals surface area contributed by atoms with Gasteiger partial charge >= 0.3 is 0 Å². The summed E-state index contributed by atoms with van der Waals surface area (Å²) in [6, 6.07) is 5.87. The number of ether oxygens (including phenoxy) is 1. The summed E-state index contributed by atoms with van der Waals surface area (Å²) >= 11 is 0. The van der Waals surface area contributed by atoms with Crippen molar-refractivity contribution >= 4 is 0 Å². The number of rotatable bonds is 4. The van der Waals surface area contributed by atoms with Gasteiger partial charge in [0.2, 0.25) is 0 Å². The summed E-state index contributed by atoms with van der Waals surface area (Å²) in [7, 11) is 5.69. The first-order valence-corrected chi connectivity index (χ1v) is 5.50. The fourth-order valence-electron chi connectivity index (χ4n) is 2.16. The van der Waals surface area contributed by atoms with Crippen LogP contribution in [0.25, 0.3) is 0 Å². The van der Waals surface area contributed by atoms with Crippen LogP contribution in [0.1, 0.15) is 25.5 Å². The average molecular weight is 223 g/mol. The van der Waals surface area contributed by atoms with Crippen molar-refractivity contribution in [3.63, 3.8) is 0 Å². The normalized spacial score (nSPS) is 13.2. The van der Waals surface area contributed by atoms with Crippen molar-refractivity contribution in [2.45, 2.75) is 19.9 Å². The molecule has 1 atom stereocenters. The highest BCUT2D eigenvalue weighted by Gasteiger charge is 2.19. The third-order valence-electron chi connectivity index (χ3n) is 2.73. The van der Waals surface area contributed by atoms with Gasteiger partial charge in [-0.15, -0.1) is 0 Å². The molecule has 0 heterocycles. The molecule has 0 saturated heterocycles. The van der Waals surface area contributed by atoms with Crippen molar-refractivity contribution in [3.05, 3.63) is 23.8 Å². The molecule has 1 aromatic carbocycles. The maximum absolute atomic E-state index is 9.56. The zero-order valence-electron chi connectivity index (χ0n) is 10.7. The Morgan fingerprint density at radius 3 is 2.31 bits per heavy atom. The van der Waals surface area contributed by atoms with Crippen molar-refractivity contribution in [1.82, 2.24) is 4.90 Å². The Hall–Kier alpha value is -1.22.